The Morgan fingerprint density at radius 3 is 2.35 bits per heavy atom. The standard InChI is InChI=1S/C18H36N2/c1-16(2)17-8-7-13-20(14-11-17)15-12-19-18-9-5-3-4-6-10-18/h16-19H,3-15H2,1-2H3. The third-order valence-electron chi connectivity index (χ3n) is 5.52. The second-order valence-electron chi connectivity index (χ2n) is 7.42. The summed E-state index contributed by atoms with van der Waals surface area (Å²) in [6.07, 6.45) is 12.9. The minimum absolute atomic E-state index is 0.813. The van der Waals surface area contributed by atoms with E-state index in [-0.39, 0.29) is 0 Å². The summed E-state index contributed by atoms with van der Waals surface area (Å²) in [5.41, 5.74) is 0. The van der Waals surface area contributed by atoms with Crippen LogP contribution >= 0.6 is 0 Å². The fourth-order valence-corrected chi connectivity index (χ4v) is 3.98. The number of nitrogens with one attached hydrogen (secondary N) is 1. The summed E-state index contributed by atoms with van der Waals surface area (Å²) >= 11 is 0. The molecule has 0 radical (unpaired) electrons. The van der Waals surface area contributed by atoms with Crippen molar-refractivity contribution in [2.45, 2.75) is 77.7 Å². The predicted octanol–water partition coefficient (Wildman–Crippen LogP) is 4.06. The average Bonchev–Trinajstić information content (AvgIpc) is 2.81. The van der Waals surface area contributed by atoms with Crippen LogP contribution in [-0.4, -0.2) is 37.1 Å². The van der Waals surface area contributed by atoms with Gasteiger partial charge in [0, 0.05) is 19.1 Å². The van der Waals surface area contributed by atoms with Gasteiger partial charge in [-0.25, -0.2) is 0 Å². The maximum atomic E-state index is 3.82. The molecule has 0 aromatic heterocycles. The smallest absolute Gasteiger partial charge is 0.0107 e. The fraction of sp³-hybridized carbons (Fsp3) is 1.00. The highest BCUT2D eigenvalue weighted by Crippen LogP contribution is 2.24. The zero-order chi connectivity index (χ0) is 14.2. The zero-order valence-electron chi connectivity index (χ0n) is 13.9. The van der Waals surface area contributed by atoms with Gasteiger partial charge in [-0.2, -0.15) is 0 Å². The molecule has 0 bridgehead atoms. The molecule has 2 heteroatoms. The van der Waals surface area contributed by atoms with E-state index in [1.54, 1.807) is 0 Å². The van der Waals surface area contributed by atoms with Crippen molar-refractivity contribution in [2.75, 3.05) is 26.2 Å². The summed E-state index contributed by atoms with van der Waals surface area (Å²) in [6, 6.07) is 0.813. The van der Waals surface area contributed by atoms with Gasteiger partial charge in [-0.05, 0) is 57.0 Å². The van der Waals surface area contributed by atoms with Gasteiger partial charge in [-0.1, -0.05) is 39.5 Å². The van der Waals surface area contributed by atoms with Gasteiger partial charge in [-0.15, -0.1) is 0 Å². The van der Waals surface area contributed by atoms with Crippen molar-refractivity contribution >= 4 is 0 Å². The normalized spacial score (nSPS) is 27.4. The molecule has 20 heavy (non-hydrogen) atoms. The molecule has 1 heterocycles. The van der Waals surface area contributed by atoms with Gasteiger partial charge >= 0.3 is 0 Å². The number of likely N-dealkylation sites (tertiary alicyclic amines) is 1. The average molecular weight is 280 g/mol. The Kier molecular flexibility index (Phi) is 7.37. The molecule has 1 saturated carbocycles. The summed E-state index contributed by atoms with van der Waals surface area (Å²) < 4.78 is 0. The second kappa shape index (κ2) is 9.04. The first kappa shape index (κ1) is 16.3. The van der Waals surface area contributed by atoms with Gasteiger partial charge in [0.2, 0.25) is 0 Å². The number of hydrogen-bond donors (Lipinski definition) is 1. The van der Waals surface area contributed by atoms with Gasteiger partial charge in [0.15, 0.2) is 0 Å². The van der Waals surface area contributed by atoms with Crippen molar-refractivity contribution in [1.29, 1.82) is 0 Å². The lowest BCUT2D eigenvalue weighted by Crippen LogP contribution is -2.37. The first-order valence-electron chi connectivity index (χ1n) is 9.21. The SMILES string of the molecule is CC(C)C1CCCN(CCNC2CCCCCC2)CC1. The van der Waals surface area contributed by atoms with Crippen molar-refractivity contribution < 1.29 is 0 Å². The molecule has 1 aliphatic heterocycles. The molecule has 0 aromatic carbocycles. The van der Waals surface area contributed by atoms with Gasteiger partial charge in [0.05, 0.1) is 0 Å². The van der Waals surface area contributed by atoms with Crippen LogP contribution in [0.2, 0.25) is 0 Å². The highest BCUT2D eigenvalue weighted by molar-refractivity contribution is 4.75. The van der Waals surface area contributed by atoms with Gasteiger partial charge < -0.3 is 10.2 Å². The van der Waals surface area contributed by atoms with Gasteiger partial charge in [0.1, 0.15) is 0 Å². The molecule has 118 valence electrons. The first-order valence-corrected chi connectivity index (χ1v) is 9.21. The number of rotatable bonds is 5. The van der Waals surface area contributed by atoms with Crippen LogP contribution < -0.4 is 5.32 Å². The van der Waals surface area contributed by atoms with E-state index in [0.717, 1.165) is 17.9 Å². The summed E-state index contributed by atoms with van der Waals surface area (Å²) in [6.45, 7) is 9.92. The highest BCUT2D eigenvalue weighted by atomic mass is 15.1. The van der Waals surface area contributed by atoms with E-state index in [2.05, 4.69) is 24.1 Å². The molecular weight excluding hydrogens is 244 g/mol. The van der Waals surface area contributed by atoms with Crippen molar-refractivity contribution in [3.63, 3.8) is 0 Å². The first-order chi connectivity index (χ1) is 9.75. The maximum absolute atomic E-state index is 3.82. The van der Waals surface area contributed by atoms with E-state index in [9.17, 15) is 0 Å². The van der Waals surface area contributed by atoms with Gasteiger partial charge in [0.25, 0.3) is 0 Å². The lowest BCUT2D eigenvalue weighted by Gasteiger charge is -2.23. The lowest BCUT2D eigenvalue weighted by molar-refractivity contribution is 0.265. The van der Waals surface area contributed by atoms with Crippen LogP contribution in [0, 0.1) is 11.8 Å². The quantitative estimate of drug-likeness (QED) is 0.764. The van der Waals surface area contributed by atoms with Crippen LogP contribution in [0.1, 0.15) is 71.6 Å². The largest absolute Gasteiger partial charge is 0.313 e. The van der Waals surface area contributed by atoms with E-state index in [1.165, 1.54) is 84.0 Å². The molecule has 0 aromatic rings. The van der Waals surface area contributed by atoms with Crippen molar-refractivity contribution in [3.05, 3.63) is 0 Å². The van der Waals surface area contributed by atoms with Crippen LogP contribution in [0.15, 0.2) is 0 Å². The molecule has 0 spiro atoms. The lowest BCUT2D eigenvalue weighted by atomic mass is 9.89. The Hall–Kier alpha value is -0.0800. The second-order valence-corrected chi connectivity index (χ2v) is 7.42. The third kappa shape index (κ3) is 5.73. The third-order valence-corrected chi connectivity index (χ3v) is 5.52. The molecule has 1 aliphatic carbocycles. The number of hydrogen-bond acceptors (Lipinski definition) is 2. The van der Waals surface area contributed by atoms with Crippen LogP contribution in [-0.2, 0) is 0 Å². The Labute approximate surface area is 126 Å². The molecule has 1 unspecified atom stereocenters. The molecule has 0 amide bonds. The molecule has 2 rings (SSSR count). The van der Waals surface area contributed by atoms with Crippen molar-refractivity contribution in [3.8, 4) is 0 Å². The van der Waals surface area contributed by atoms with Crippen LogP contribution in [0.4, 0.5) is 0 Å². The van der Waals surface area contributed by atoms with Crippen LogP contribution in [0.5, 0.6) is 0 Å². The molecule has 2 aliphatic rings. The Balaban J connectivity index is 1.61. The Morgan fingerprint density at radius 1 is 0.900 bits per heavy atom. The summed E-state index contributed by atoms with van der Waals surface area (Å²) in [5.74, 6) is 1.84. The van der Waals surface area contributed by atoms with Crippen LogP contribution in [0.25, 0.3) is 0 Å². The molecular formula is C18H36N2. The predicted molar refractivity (Wildman–Crippen MR) is 88.1 cm³/mol. The molecule has 1 N–H and O–H groups in total. The maximum Gasteiger partial charge on any atom is 0.0107 e. The van der Waals surface area contributed by atoms with E-state index in [1.807, 2.05) is 0 Å². The molecule has 1 atom stereocenters. The monoisotopic (exact) mass is 280 g/mol. The minimum Gasteiger partial charge on any atom is -0.313 e. The topological polar surface area (TPSA) is 15.3 Å². The van der Waals surface area contributed by atoms with E-state index < -0.39 is 0 Å². The summed E-state index contributed by atoms with van der Waals surface area (Å²) in [4.78, 5) is 2.70. The van der Waals surface area contributed by atoms with Crippen molar-refractivity contribution in [2.24, 2.45) is 11.8 Å². The molecule has 2 nitrogen and oxygen atoms in total. The minimum atomic E-state index is 0.813. The van der Waals surface area contributed by atoms with Crippen molar-refractivity contribution in [1.82, 2.24) is 10.2 Å². The Bertz CT molecular complexity index is 244. The van der Waals surface area contributed by atoms with Gasteiger partial charge in [-0.3, -0.25) is 0 Å². The summed E-state index contributed by atoms with van der Waals surface area (Å²) in [7, 11) is 0. The van der Waals surface area contributed by atoms with E-state index in [4.69, 9.17) is 0 Å². The van der Waals surface area contributed by atoms with E-state index in [0.29, 0.717) is 0 Å². The molecule has 1 saturated heterocycles. The fourth-order valence-electron chi connectivity index (χ4n) is 3.98. The molecule has 2 fully saturated rings. The van der Waals surface area contributed by atoms with E-state index >= 15 is 0 Å². The zero-order valence-corrected chi connectivity index (χ0v) is 13.9. The Morgan fingerprint density at radius 2 is 1.65 bits per heavy atom. The number of nitrogens with zero attached hydrogens (tertiary/aromatic N) is 1. The van der Waals surface area contributed by atoms with Crippen LogP contribution in [0.3, 0.4) is 0 Å². The summed E-state index contributed by atoms with van der Waals surface area (Å²) in [5, 5.41) is 3.82. The highest BCUT2D eigenvalue weighted by Gasteiger charge is 2.19.